The zero-order chi connectivity index (χ0) is 29.5. The monoisotopic (exact) mass is 562 g/mol. The summed E-state index contributed by atoms with van der Waals surface area (Å²) in [5.74, 6) is 2.05. The number of carbonyl (C=O) groups excluding carboxylic acids is 1. The standard InChI is InChI=1S/C37H42N2O3/c1-28(30-11-6-5-7-12-30)25-38(2)36(40)31-13-8-10-29(24-31)26-39-23-9-22-37(27-39,32-14-18-34(41-3)19-15-32)33-16-20-35(42-4)21-17-33/h5-8,10-21,24,28H,9,22-23,25-27H2,1-4H3. The molecule has 5 rings (SSSR count). The number of nitrogens with zero attached hydrogens (tertiary/aromatic N) is 2. The highest BCUT2D eigenvalue weighted by atomic mass is 16.5. The van der Waals surface area contributed by atoms with Crippen molar-refractivity contribution in [3.05, 3.63) is 131 Å². The van der Waals surface area contributed by atoms with Gasteiger partial charge in [0.05, 0.1) is 14.2 Å². The van der Waals surface area contributed by atoms with Gasteiger partial charge in [-0.3, -0.25) is 9.69 Å². The van der Waals surface area contributed by atoms with Gasteiger partial charge >= 0.3 is 0 Å². The van der Waals surface area contributed by atoms with Crippen molar-refractivity contribution in [2.24, 2.45) is 0 Å². The molecule has 4 aromatic rings. The third-order valence-electron chi connectivity index (χ3n) is 8.70. The van der Waals surface area contributed by atoms with Crippen molar-refractivity contribution in [3.8, 4) is 11.5 Å². The van der Waals surface area contributed by atoms with E-state index in [0.29, 0.717) is 6.54 Å². The molecule has 1 aliphatic heterocycles. The van der Waals surface area contributed by atoms with E-state index in [9.17, 15) is 4.79 Å². The number of rotatable bonds is 10. The van der Waals surface area contributed by atoms with Gasteiger partial charge in [-0.05, 0) is 84.0 Å². The van der Waals surface area contributed by atoms with Crippen molar-refractivity contribution in [1.82, 2.24) is 9.80 Å². The first-order chi connectivity index (χ1) is 20.4. The molecule has 5 heteroatoms. The normalized spacial score (nSPS) is 15.5. The number of amides is 1. The van der Waals surface area contributed by atoms with Gasteiger partial charge in [-0.1, -0.05) is 73.7 Å². The highest BCUT2D eigenvalue weighted by molar-refractivity contribution is 5.94. The molecule has 0 radical (unpaired) electrons. The van der Waals surface area contributed by atoms with Crippen LogP contribution in [-0.2, 0) is 12.0 Å². The maximum Gasteiger partial charge on any atom is 0.253 e. The molecular formula is C37H42N2O3. The summed E-state index contributed by atoms with van der Waals surface area (Å²) in [6, 6.07) is 35.6. The molecule has 1 heterocycles. The number of piperidine rings is 1. The molecule has 218 valence electrons. The number of likely N-dealkylation sites (N-methyl/N-ethyl adjacent to an activating group) is 1. The number of carbonyl (C=O) groups is 1. The van der Waals surface area contributed by atoms with E-state index in [1.807, 2.05) is 30.1 Å². The molecule has 1 amide bonds. The van der Waals surface area contributed by atoms with Crippen molar-refractivity contribution in [3.63, 3.8) is 0 Å². The number of methoxy groups -OCH3 is 2. The molecule has 0 aliphatic carbocycles. The molecule has 0 N–H and O–H groups in total. The molecule has 0 spiro atoms. The first-order valence-corrected chi connectivity index (χ1v) is 14.8. The fourth-order valence-electron chi connectivity index (χ4n) is 6.40. The Labute approximate surface area is 250 Å². The molecule has 0 aromatic heterocycles. The van der Waals surface area contributed by atoms with E-state index >= 15 is 0 Å². The smallest absolute Gasteiger partial charge is 0.253 e. The lowest BCUT2D eigenvalue weighted by molar-refractivity contribution is 0.0788. The van der Waals surface area contributed by atoms with Gasteiger partial charge in [0.1, 0.15) is 11.5 Å². The van der Waals surface area contributed by atoms with Crippen LogP contribution in [0.25, 0.3) is 0 Å². The Morgan fingerprint density at radius 1 is 0.857 bits per heavy atom. The fourth-order valence-corrected chi connectivity index (χ4v) is 6.40. The summed E-state index contributed by atoms with van der Waals surface area (Å²) in [4.78, 5) is 17.8. The second-order valence-electron chi connectivity index (χ2n) is 11.6. The van der Waals surface area contributed by atoms with Crippen LogP contribution in [0.4, 0.5) is 0 Å². The summed E-state index contributed by atoms with van der Waals surface area (Å²) in [6.45, 7) is 5.54. The highest BCUT2D eigenvalue weighted by Gasteiger charge is 2.39. The Kier molecular flexibility index (Phi) is 9.28. The van der Waals surface area contributed by atoms with E-state index in [4.69, 9.17) is 9.47 Å². The van der Waals surface area contributed by atoms with Crippen molar-refractivity contribution in [2.45, 2.75) is 37.6 Å². The van der Waals surface area contributed by atoms with Crippen LogP contribution in [-0.4, -0.2) is 56.6 Å². The van der Waals surface area contributed by atoms with Gasteiger partial charge in [-0.25, -0.2) is 0 Å². The van der Waals surface area contributed by atoms with E-state index in [2.05, 4.69) is 96.8 Å². The minimum absolute atomic E-state index is 0.0593. The van der Waals surface area contributed by atoms with E-state index in [-0.39, 0.29) is 17.2 Å². The van der Waals surface area contributed by atoms with E-state index in [1.54, 1.807) is 14.2 Å². The summed E-state index contributed by atoms with van der Waals surface area (Å²) in [5.41, 5.74) is 5.56. The Morgan fingerprint density at radius 3 is 2.07 bits per heavy atom. The molecule has 1 fully saturated rings. The summed E-state index contributed by atoms with van der Waals surface area (Å²) in [7, 11) is 5.31. The minimum atomic E-state index is -0.155. The van der Waals surface area contributed by atoms with Crippen LogP contribution in [0.5, 0.6) is 11.5 Å². The Bertz CT molecular complexity index is 1400. The third kappa shape index (κ3) is 6.52. The molecule has 1 unspecified atom stereocenters. The van der Waals surface area contributed by atoms with Crippen molar-refractivity contribution in [2.75, 3.05) is 40.9 Å². The van der Waals surface area contributed by atoms with Crippen LogP contribution in [0.15, 0.2) is 103 Å². The molecule has 1 atom stereocenters. The second-order valence-corrected chi connectivity index (χ2v) is 11.6. The van der Waals surface area contributed by atoms with Crippen LogP contribution >= 0.6 is 0 Å². The lowest BCUT2D eigenvalue weighted by atomic mass is 9.69. The van der Waals surface area contributed by atoms with Crippen LogP contribution in [0.3, 0.4) is 0 Å². The van der Waals surface area contributed by atoms with Gasteiger partial charge in [0.25, 0.3) is 5.91 Å². The van der Waals surface area contributed by atoms with Crippen LogP contribution in [0, 0.1) is 0 Å². The Balaban J connectivity index is 1.34. The average molecular weight is 563 g/mol. The summed E-state index contributed by atoms with van der Waals surface area (Å²) in [6.07, 6.45) is 2.14. The molecule has 4 aromatic carbocycles. The van der Waals surface area contributed by atoms with Gasteiger partial charge < -0.3 is 14.4 Å². The SMILES string of the molecule is COc1ccc(C2(c3ccc(OC)cc3)CCCN(Cc3cccc(C(=O)N(C)CC(C)c4ccccc4)c3)C2)cc1. The largest absolute Gasteiger partial charge is 0.497 e. The number of likely N-dealkylation sites (tertiary alicyclic amines) is 1. The summed E-state index contributed by atoms with van der Waals surface area (Å²) >= 11 is 0. The highest BCUT2D eigenvalue weighted by Crippen LogP contribution is 2.42. The predicted octanol–water partition coefficient (Wildman–Crippen LogP) is 7.16. The van der Waals surface area contributed by atoms with Crippen LogP contribution < -0.4 is 9.47 Å². The van der Waals surface area contributed by atoms with Crippen LogP contribution in [0.1, 0.15) is 58.3 Å². The van der Waals surface area contributed by atoms with Crippen molar-refractivity contribution >= 4 is 5.91 Å². The fraction of sp³-hybridized carbons (Fsp3) is 0.324. The molecule has 1 saturated heterocycles. The van der Waals surface area contributed by atoms with E-state index < -0.39 is 0 Å². The quantitative estimate of drug-likeness (QED) is 0.206. The van der Waals surface area contributed by atoms with Crippen molar-refractivity contribution < 1.29 is 14.3 Å². The first-order valence-electron chi connectivity index (χ1n) is 14.8. The second kappa shape index (κ2) is 13.3. The zero-order valence-electron chi connectivity index (χ0n) is 25.3. The molecule has 42 heavy (non-hydrogen) atoms. The topological polar surface area (TPSA) is 42.0 Å². The minimum Gasteiger partial charge on any atom is -0.497 e. The van der Waals surface area contributed by atoms with Gasteiger partial charge in [0.15, 0.2) is 0 Å². The number of ether oxygens (including phenoxy) is 2. The maximum absolute atomic E-state index is 13.4. The molecule has 5 nitrogen and oxygen atoms in total. The lowest BCUT2D eigenvalue weighted by Crippen LogP contribution is -2.46. The van der Waals surface area contributed by atoms with Crippen LogP contribution in [0.2, 0.25) is 0 Å². The maximum atomic E-state index is 13.4. The third-order valence-corrected chi connectivity index (χ3v) is 8.70. The predicted molar refractivity (Wildman–Crippen MR) is 170 cm³/mol. The average Bonchev–Trinajstić information content (AvgIpc) is 3.05. The van der Waals surface area contributed by atoms with Gasteiger partial charge in [0.2, 0.25) is 0 Å². The van der Waals surface area contributed by atoms with E-state index in [0.717, 1.165) is 55.1 Å². The first kappa shape index (κ1) is 29.4. The number of hydrogen-bond donors (Lipinski definition) is 0. The molecule has 0 bridgehead atoms. The summed E-state index contributed by atoms with van der Waals surface area (Å²) in [5, 5.41) is 0. The molecule has 1 aliphatic rings. The Morgan fingerprint density at radius 2 is 1.48 bits per heavy atom. The number of hydrogen-bond acceptors (Lipinski definition) is 4. The van der Waals surface area contributed by atoms with E-state index in [1.165, 1.54) is 16.7 Å². The van der Waals surface area contributed by atoms with Crippen molar-refractivity contribution in [1.29, 1.82) is 0 Å². The molecule has 0 saturated carbocycles. The van der Waals surface area contributed by atoms with Gasteiger partial charge in [0, 0.05) is 37.7 Å². The van der Waals surface area contributed by atoms with Gasteiger partial charge in [-0.15, -0.1) is 0 Å². The number of benzene rings is 4. The summed E-state index contributed by atoms with van der Waals surface area (Å²) < 4.78 is 10.9. The molecular weight excluding hydrogens is 520 g/mol. The Hall–Kier alpha value is -4.09. The lowest BCUT2D eigenvalue weighted by Gasteiger charge is -2.44. The van der Waals surface area contributed by atoms with Gasteiger partial charge in [-0.2, -0.15) is 0 Å². The zero-order valence-corrected chi connectivity index (χ0v) is 25.3.